The zero-order valence-corrected chi connectivity index (χ0v) is 9.39. The maximum absolute atomic E-state index is 11.6. The summed E-state index contributed by atoms with van der Waals surface area (Å²) < 4.78 is 0. The number of Topliss-reactive ketones (excluding diaryl/α,β-unsaturated/α-hetero) is 1. The molecule has 2 heteroatoms. The molecule has 13 heavy (non-hydrogen) atoms. The number of carbonyl (C=O) groups excluding carboxylic acids is 1. The van der Waals surface area contributed by atoms with E-state index in [1.165, 1.54) is 0 Å². The van der Waals surface area contributed by atoms with E-state index in [4.69, 9.17) is 5.73 Å². The molecule has 0 rings (SSSR count). The van der Waals surface area contributed by atoms with E-state index in [-0.39, 0.29) is 11.5 Å². The van der Waals surface area contributed by atoms with E-state index in [0.717, 1.165) is 19.3 Å². The van der Waals surface area contributed by atoms with Gasteiger partial charge in [0.2, 0.25) is 0 Å². The van der Waals surface area contributed by atoms with Gasteiger partial charge in [-0.1, -0.05) is 13.8 Å². The molecular weight excluding hydrogens is 162 g/mol. The summed E-state index contributed by atoms with van der Waals surface area (Å²) in [6.07, 6.45) is 3.35. The lowest BCUT2D eigenvalue weighted by Gasteiger charge is -2.19. The van der Waals surface area contributed by atoms with Crippen LogP contribution in [-0.4, -0.2) is 11.3 Å². The van der Waals surface area contributed by atoms with E-state index < -0.39 is 0 Å². The largest absolute Gasteiger partial charge is 0.326 e. The molecule has 0 aliphatic rings. The third kappa shape index (κ3) is 5.81. The van der Waals surface area contributed by atoms with E-state index in [1.807, 2.05) is 13.8 Å². The van der Waals surface area contributed by atoms with E-state index in [0.29, 0.717) is 12.2 Å². The molecule has 0 aliphatic heterocycles. The van der Waals surface area contributed by atoms with Crippen molar-refractivity contribution in [2.45, 2.75) is 58.9 Å². The minimum Gasteiger partial charge on any atom is -0.326 e. The predicted octanol–water partition coefficient (Wildman–Crippen LogP) is 2.51. The summed E-state index contributed by atoms with van der Waals surface area (Å²) >= 11 is 0. The van der Waals surface area contributed by atoms with Gasteiger partial charge in [0.1, 0.15) is 5.78 Å². The molecule has 0 spiro atoms. The molecule has 0 heterocycles. The van der Waals surface area contributed by atoms with Crippen LogP contribution in [0.2, 0.25) is 0 Å². The van der Waals surface area contributed by atoms with E-state index >= 15 is 0 Å². The highest BCUT2D eigenvalue weighted by Crippen LogP contribution is 2.15. The van der Waals surface area contributed by atoms with Gasteiger partial charge in [-0.2, -0.15) is 0 Å². The van der Waals surface area contributed by atoms with Crippen molar-refractivity contribution in [1.82, 2.24) is 0 Å². The van der Waals surface area contributed by atoms with Crippen molar-refractivity contribution in [3.8, 4) is 0 Å². The first-order valence-electron chi connectivity index (χ1n) is 5.22. The topological polar surface area (TPSA) is 43.1 Å². The van der Waals surface area contributed by atoms with E-state index in [2.05, 4.69) is 13.8 Å². The molecule has 0 atom stereocenters. The fourth-order valence-electron chi connectivity index (χ4n) is 1.39. The van der Waals surface area contributed by atoms with Gasteiger partial charge in [0, 0.05) is 17.9 Å². The van der Waals surface area contributed by atoms with Crippen LogP contribution in [0.25, 0.3) is 0 Å². The Bertz CT molecular complexity index is 154. The van der Waals surface area contributed by atoms with Crippen molar-refractivity contribution in [3.63, 3.8) is 0 Å². The number of hydrogen-bond acceptors (Lipinski definition) is 2. The highest BCUT2D eigenvalue weighted by Gasteiger charge is 2.17. The second-order valence-electron chi connectivity index (χ2n) is 4.47. The third-order valence-electron chi connectivity index (χ3n) is 2.46. The first kappa shape index (κ1) is 12.6. The van der Waals surface area contributed by atoms with Crippen LogP contribution in [-0.2, 0) is 4.79 Å². The average Bonchev–Trinajstić information content (AvgIpc) is 2.02. The number of ketones is 1. The molecule has 0 amide bonds. The molecule has 0 radical (unpaired) electrons. The molecule has 0 bridgehead atoms. The smallest absolute Gasteiger partial charge is 0.136 e. The summed E-state index contributed by atoms with van der Waals surface area (Å²) in [7, 11) is 0. The van der Waals surface area contributed by atoms with Crippen molar-refractivity contribution in [2.75, 3.05) is 0 Å². The highest BCUT2D eigenvalue weighted by atomic mass is 16.1. The van der Waals surface area contributed by atoms with Gasteiger partial charge < -0.3 is 5.73 Å². The molecule has 0 saturated heterocycles. The SMILES string of the molecule is CCC(CC)C(=O)CCC(C)(C)N. The monoisotopic (exact) mass is 185 g/mol. The Morgan fingerprint density at radius 2 is 1.77 bits per heavy atom. The summed E-state index contributed by atoms with van der Waals surface area (Å²) in [4.78, 5) is 11.6. The summed E-state index contributed by atoms with van der Waals surface area (Å²) in [5.74, 6) is 0.630. The Labute approximate surface area is 81.9 Å². The lowest BCUT2D eigenvalue weighted by atomic mass is 9.90. The van der Waals surface area contributed by atoms with Gasteiger partial charge in [-0.15, -0.1) is 0 Å². The number of rotatable bonds is 6. The average molecular weight is 185 g/mol. The van der Waals surface area contributed by atoms with Crippen LogP contribution in [0.5, 0.6) is 0 Å². The maximum atomic E-state index is 11.6. The zero-order valence-electron chi connectivity index (χ0n) is 9.39. The van der Waals surface area contributed by atoms with Gasteiger partial charge in [-0.3, -0.25) is 4.79 Å². The molecule has 2 nitrogen and oxygen atoms in total. The Hall–Kier alpha value is -0.370. The minimum absolute atomic E-state index is 0.207. The van der Waals surface area contributed by atoms with Gasteiger partial charge in [0.15, 0.2) is 0 Å². The lowest BCUT2D eigenvalue weighted by Crippen LogP contribution is -2.33. The fourth-order valence-corrected chi connectivity index (χ4v) is 1.39. The third-order valence-corrected chi connectivity index (χ3v) is 2.46. The van der Waals surface area contributed by atoms with Gasteiger partial charge in [-0.25, -0.2) is 0 Å². The van der Waals surface area contributed by atoms with Gasteiger partial charge >= 0.3 is 0 Å². The van der Waals surface area contributed by atoms with Gasteiger partial charge in [-0.05, 0) is 33.1 Å². The summed E-state index contributed by atoms with van der Waals surface area (Å²) in [6.45, 7) is 8.07. The Morgan fingerprint density at radius 1 is 1.31 bits per heavy atom. The predicted molar refractivity (Wildman–Crippen MR) is 56.6 cm³/mol. The Morgan fingerprint density at radius 3 is 2.08 bits per heavy atom. The zero-order chi connectivity index (χ0) is 10.5. The maximum Gasteiger partial charge on any atom is 0.136 e. The number of carbonyl (C=O) groups is 1. The van der Waals surface area contributed by atoms with Crippen molar-refractivity contribution in [1.29, 1.82) is 0 Å². The van der Waals surface area contributed by atoms with E-state index in [1.54, 1.807) is 0 Å². The van der Waals surface area contributed by atoms with Gasteiger partial charge in [0.05, 0.1) is 0 Å². The fraction of sp³-hybridized carbons (Fsp3) is 0.909. The van der Waals surface area contributed by atoms with Crippen LogP contribution < -0.4 is 5.73 Å². The standard InChI is InChI=1S/C11H23NO/c1-5-9(6-2)10(13)7-8-11(3,4)12/h9H,5-8,12H2,1-4H3. The van der Waals surface area contributed by atoms with Crippen LogP contribution in [0.4, 0.5) is 0 Å². The lowest BCUT2D eigenvalue weighted by molar-refractivity contribution is -0.123. The molecule has 0 aliphatic carbocycles. The number of nitrogens with two attached hydrogens (primary N) is 1. The van der Waals surface area contributed by atoms with Gasteiger partial charge in [0.25, 0.3) is 0 Å². The molecule has 0 aromatic rings. The van der Waals surface area contributed by atoms with Crippen molar-refractivity contribution >= 4 is 5.78 Å². The molecular formula is C11H23NO. The molecule has 2 N–H and O–H groups in total. The normalized spacial score (nSPS) is 12.2. The van der Waals surface area contributed by atoms with Crippen molar-refractivity contribution < 1.29 is 4.79 Å². The van der Waals surface area contributed by atoms with Crippen molar-refractivity contribution in [2.24, 2.45) is 11.7 Å². The molecule has 0 aromatic heterocycles. The van der Waals surface area contributed by atoms with Crippen LogP contribution in [0, 0.1) is 5.92 Å². The number of hydrogen-bond donors (Lipinski definition) is 1. The van der Waals surface area contributed by atoms with Crippen LogP contribution in [0.1, 0.15) is 53.4 Å². The Balaban J connectivity index is 3.86. The molecule has 0 fully saturated rings. The summed E-state index contributed by atoms with van der Waals surface area (Å²) in [5.41, 5.74) is 5.61. The minimum atomic E-state index is -0.207. The highest BCUT2D eigenvalue weighted by molar-refractivity contribution is 5.80. The summed E-state index contributed by atoms with van der Waals surface area (Å²) in [5, 5.41) is 0. The molecule has 78 valence electrons. The van der Waals surface area contributed by atoms with Crippen LogP contribution >= 0.6 is 0 Å². The molecule has 0 aromatic carbocycles. The van der Waals surface area contributed by atoms with Crippen molar-refractivity contribution in [3.05, 3.63) is 0 Å². The second-order valence-corrected chi connectivity index (χ2v) is 4.47. The summed E-state index contributed by atoms with van der Waals surface area (Å²) in [6, 6.07) is 0. The first-order valence-corrected chi connectivity index (χ1v) is 5.22. The molecule has 0 saturated carbocycles. The Kier molecular flexibility index (Phi) is 5.23. The first-order chi connectivity index (χ1) is 5.90. The van der Waals surface area contributed by atoms with Crippen LogP contribution in [0.15, 0.2) is 0 Å². The molecule has 0 unspecified atom stereocenters. The second kappa shape index (κ2) is 5.38. The van der Waals surface area contributed by atoms with Crippen LogP contribution in [0.3, 0.4) is 0 Å². The van der Waals surface area contributed by atoms with E-state index in [9.17, 15) is 4.79 Å². The quantitative estimate of drug-likeness (QED) is 0.691.